The molecule has 0 aliphatic carbocycles. The maximum atomic E-state index is 11.5. The molecular formula is C14H24N2O2S. The zero-order valence-electron chi connectivity index (χ0n) is 12.6. The van der Waals surface area contributed by atoms with Crippen molar-refractivity contribution >= 4 is 17.3 Å². The normalized spacial score (nSPS) is 14.3. The van der Waals surface area contributed by atoms with E-state index in [0.29, 0.717) is 0 Å². The standard InChI is InChI=1S/C14H24N2O2S/c1-13(2,3)12-16-10(8-19-12)9(14(4,5)15)7-11(17)18-6/h8-9H,7,15H2,1-6H3. The zero-order chi connectivity index (χ0) is 14.8. The number of esters is 1. The van der Waals surface area contributed by atoms with Crippen LogP contribution in [0.4, 0.5) is 0 Å². The van der Waals surface area contributed by atoms with Crippen LogP contribution in [0.2, 0.25) is 0 Å². The number of carbonyl (C=O) groups excluding carboxylic acids is 1. The summed E-state index contributed by atoms with van der Waals surface area (Å²) in [6.07, 6.45) is 0.257. The Balaban J connectivity index is 3.05. The number of ether oxygens (including phenoxy) is 1. The summed E-state index contributed by atoms with van der Waals surface area (Å²) in [7, 11) is 1.39. The SMILES string of the molecule is COC(=O)CC(c1csc(C(C)(C)C)n1)C(C)(C)N. The fourth-order valence-corrected chi connectivity index (χ4v) is 2.75. The molecule has 0 radical (unpaired) electrons. The Morgan fingerprint density at radius 1 is 1.42 bits per heavy atom. The maximum Gasteiger partial charge on any atom is 0.306 e. The van der Waals surface area contributed by atoms with E-state index < -0.39 is 5.54 Å². The topological polar surface area (TPSA) is 65.2 Å². The van der Waals surface area contributed by atoms with Crippen LogP contribution in [0.25, 0.3) is 0 Å². The Kier molecular flexibility index (Phi) is 4.74. The number of nitrogens with two attached hydrogens (primary N) is 1. The van der Waals surface area contributed by atoms with E-state index in [1.54, 1.807) is 11.3 Å². The lowest BCUT2D eigenvalue weighted by Gasteiger charge is -2.28. The number of aromatic nitrogens is 1. The molecule has 0 aliphatic rings. The first-order chi connectivity index (χ1) is 8.55. The minimum atomic E-state index is -0.516. The number of methoxy groups -OCH3 is 1. The average molecular weight is 284 g/mol. The third-order valence-corrected chi connectivity index (χ3v) is 4.30. The summed E-state index contributed by atoms with van der Waals surface area (Å²) in [6, 6.07) is 0. The van der Waals surface area contributed by atoms with Gasteiger partial charge in [-0.1, -0.05) is 20.8 Å². The summed E-state index contributed by atoms with van der Waals surface area (Å²) < 4.78 is 4.75. The molecule has 0 amide bonds. The molecule has 0 fully saturated rings. The number of carbonyl (C=O) groups is 1. The van der Waals surface area contributed by atoms with E-state index in [1.165, 1.54) is 7.11 Å². The van der Waals surface area contributed by atoms with Crippen LogP contribution in [-0.2, 0) is 14.9 Å². The third-order valence-electron chi connectivity index (χ3n) is 3.02. The molecule has 1 aromatic rings. The van der Waals surface area contributed by atoms with Crippen molar-refractivity contribution in [2.24, 2.45) is 5.73 Å². The molecule has 0 saturated carbocycles. The largest absolute Gasteiger partial charge is 0.469 e. The summed E-state index contributed by atoms with van der Waals surface area (Å²) in [5.74, 6) is -0.388. The predicted molar refractivity (Wildman–Crippen MR) is 78.5 cm³/mol. The molecule has 0 spiro atoms. The summed E-state index contributed by atoms with van der Waals surface area (Å²) in [5.41, 5.74) is 6.57. The molecule has 2 N–H and O–H groups in total. The molecule has 1 unspecified atom stereocenters. The van der Waals surface area contributed by atoms with Crippen molar-refractivity contribution in [3.63, 3.8) is 0 Å². The first-order valence-electron chi connectivity index (χ1n) is 6.37. The van der Waals surface area contributed by atoms with Crippen LogP contribution in [0.1, 0.15) is 57.7 Å². The molecular weight excluding hydrogens is 260 g/mol. The molecule has 0 bridgehead atoms. The summed E-state index contributed by atoms with van der Waals surface area (Å²) in [6.45, 7) is 10.2. The van der Waals surface area contributed by atoms with Gasteiger partial charge >= 0.3 is 5.97 Å². The van der Waals surface area contributed by atoms with Gasteiger partial charge in [-0.05, 0) is 13.8 Å². The first-order valence-corrected chi connectivity index (χ1v) is 7.25. The van der Waals surface area contributed by atoms with Crippen LogP contribution in [0.3, 0.4) is 0 Å². The minimum Gasteiger partial charge on any atom is -0.469 e. The molecule has 5 heteroatoms. The van der Waals surface area contributed by atoms with Crippen LogP contribution in [0, 0.1) is 0 Å². The van der Waals surface area contributed by atoms with Crippen LogP contribution in [-0.4, -0.2) is 23.6 Å². The van der Waals surface area contributed by atoms with Crippen molar-refractivity contribution in [1.82, 2.24) is 4.98 Å². The Morgan fingerprint density at radius 2 is 2.00 bits per heavy atom. The number of rotatable bonds is 4. The van der Waals surface area contributed by atoms with E-state index >= 15 is 0 Å². The van der Waals surface area contributed by atoms with Crippen molar-refractivity contribution in [1.29, 1.82) is 0 Å². The Bertz CT molecular complexity index is 441. The maximum absolute atomic E-state index is 11.5. The Labute approximate surface area is 119 Å². The quantitative estimate of drug-likeness (QED) is 0.863. The van der Waals surface area contributed by atoms with Gasteiger partial charge in [0, 0.05) is 22.3 Å². The molecule has 0 aromatic carbocycles. The van der Waals surface area contributed by atoms with Crippen molar-refractivity contribution in [2.75, 3.05) is 7.11 Å². The monoisotopic (exact) mass is 284 g/mol. The number of thiazole rings is 1. The van der Waals surface area contributed by atoms with Gasteiger partial charge in [0.1, 0.15) is 0 Å². The average Bonchev–Trinajstić information content (AvgIpc) is 2.72. The van der Waals surface area contributed by atoms with E-state index in [1.807, 2.05) is 19.2 Å². The predicted octanol–water partition coefficient (Wildman–Crippen LogP) is 2.82. The molecule has 1 rings (SSSR count). The lowest BCUT2D eigenvalue weighted by molar-refractivity contribution is -0.141. The van der Waals surface area contributed by atoms with Crippen molar-refractivity contribution in [2.45, 2.75) is 57.9 Å². The van der Waals surface area contributed by atoms with Crippen LogP contribution < -0.4 is 5.73 Å². The molecule has 0 saturated heterocycles. The van der Waals surface area contributed by atoms with Gasteiger partial charge in [-0.15, -0.1) is 11.3 Å². The van der Waals surface area contributed by atoms with Crippen molar-refractivity contribution in [3.05, 3.63) is 16.1 Å². The Hall–Kier alpha value is -0.940. The van der Waals surface area contributed by atoms with Gasteiger partial charge in [0.15, 0.2) is 0 Å². The third kappa shape index (κ3) is 4.28. The van der Waals surface area contributed by atoms with Crippen LogP contribution in [0.5, 0.6) is 0 Å². The van der Waals surface area contributed by atoms with E-state index in [-0.39, 0.29) is 23.7 Å². The van der Waals surface area contributed by atoms with Gasteiger partial charge in [0.05, 0.1) is 24.2 Å². The van der Waals surface area contributed by atoms with Gasteiger partial charge < -0.3 is 10.5 Å². The Morgan fingerprint density at radius 3 is 2.37 bits per heavy atom. The van der Waals surface area contributed by atoms with Gasteiger partial charge in [-0.3, -0.25) is 4.79 Å². The van der Waals surface area contributed by atoms with Gasteiger partial charge in [-0.25, -0.2) is 4.98 Å². The molecule has 108 valence electrons. The fraction of sp³-hybridized carbons (Fsp3) is 0.714. The van der Waals surface area contributed by atoms with Crippen LogP contribution in [0.15, 0.2) is 5.38 Å². The second-order valence-electron chi connectivity index (χ2n) is 6.48. The summed E-state index contributed by atoms with van der Waals surface area (Å²) in [4.78, 5) is 16.2. The molecule has 19 heavy (non-hydrogen) atoms. The number of hydrogen-bond donors (Lipinski definition) is 1. The first kappa shape index (κ1) is 16.1. The highest BCUT2D eigenvalue weighted by molar-refractivity contribution is 7.09. The highest BCUT2D eigenvalue weighted by Gasteiger charge is 2.32. The minimum absolute atomic E-state index is 0.0114. The smallest absolute Gasteiger partial charge is 0.306 e. The molecule has 0 aliphatic heterocycles. The van der Waals surface area contributed by atoms with E-state index in [0.717, 1.165) is 10.7 Å². The number of hydrogen-bond acceptors (Lipinski definition) is 5. The van der Waals surface area contributed by atoms with Gasteiger partial charge in [-0.2, -0.15) is 0 Å². The van der Waals surface area contributed by atoms with Crippen LogP contribution >= 0.6 is 11.3 Å². The highest BCUT2D eigenvalue weighted by Crippen LogP contribution is 2.34. The second-order valence-corrected chi connectivity index (χ2v) is 7.34. The summed E-state index contributed by atoms with van der Waals surface area (Å²) >= 11 is 1.62. The highest BCUT2D eigenvalue weighted by atomic mass is 32.1. The zero-order valence-corrected chi connectivity index (χ0v) is 13.4. The van der Waals surface area contributed by atoms with Crippen molar-refractivity contribution in [3.8, 4) is 0 Å². The fourth-order valence-electron chi connectivity index (χ4n) is 1.79. The number of nitrogens with zero attached hydrogens (tertiary/aromatic N) is 1. The molecule has 1 aromatic heterocycles. The van der Waals surface area contributed by atoms with E-state index in [4.69, 9.17) is 10.5 Å². The second kappa shape index (κ2) is 5.59. The van der Waals surface area contributed by atoms with Gasteiger partial charge in [0.2, 0.25) is 0 Å². The lowest BCUT2D eigenvalue weighted by Crippen LogP contribution is -2.40. The van der Waals surface area contributed by atoms with E-state index in [2.05, 4.69) is 25.8 Å². The lowest BCUT2D eigenvalue weighted by atomic mass is 9.83. The summed E-state index contributed by atoms with van der Waals surface area (Å²) in [5, 5.41) is 3.06. The van der Waals surface area contributed by atoms with Crippen molar-refractivity contribution < 1.29 is 9.53 Å². The molecule has 1 heterocycles. The molecule has 1 atom stereocenters. The molecule has 4 nitrogen and oxygen atoms in total. The van der Waals surface area contributed by atoms with E-state index in [9.17, 15) is 4.79 Å². The van der Waals surface area contributed by atoms with Gasteiger partial charge in [0.25, 0.3) is 0 Å².